The second kappa shape index (κ2) is 7.25. The highest BCUT2D eigenvalue weighted by Gasteiger charge is 2.30. The molecular weight excluding hydrogens is 309 g/mol. The van der Waals surface area contributed by atoms with Gasteiger partial charge >= 0.3 is 5.97 Å². The number of ether oxygens (including phenoxy) is 1. The third-order valence-electron chi connectivity index (χ3n) is 3.78. The van der Waals surface area contributed by atoms with Crippen molar-refractivity contribution in [2.75, 3.05) is 0 Å². The number of benzene rings is 2. The van der Waals surface area contributed by atoms with Crippen LogP contribution in [0, 0.1) is 5.82 Å². The molecule has 0 heterocycles. The van der Waals surface area contributed by atoms with Crippen molar-refractivity contribution in [3.63, 3.8) is 0 Å². The van der Waals surface area contributed by atoms with E-state index in [1.54, 1.807) is 24.3 Å². The number of carbonyl (C=O) groups excluding carboxylic acids is 2. The van der Waals surface area contributed by atoms with Crippen molar-refractivity contribution < 1.29 is 18.7 Å². The number of hydrogen-bond donors (Lipinski definition) is 1. The van der Waals surface area contributed by atoms with Crippen LogP contribution in [0.25, 0.3) is 0 Å². The molecule has 1 amide bonds. The fourth-order valence-corrected chi connectivity index (χ4v) is 2.35. The van der Waals surface area contributed by atoms with Gasteiger partial charge < -0.3 is 10.1 Å². The van der Waals surface area contributed by atoms with Crippen molar-refractivity contribution in [1.29, 1.82) is 0 Å². The van der Waals surface area contributed by atoms with Gasteiger partial charge in [0.2, 0.25) is 6.10 Å². The molecule has 5 heteroatoms. The van der Waals surface area contributed by atoms with Gasteiger partial charge in [-0.2, -0.15) is 0 Å². The summed E-state index contributed by atoms with van der Waals surface area (Å²) in [5.74, 6) is -1.20. The molecule has 1 aliphatic carbocycles. The minimum Gasteiger partial charge on any atom is -0.447 e. The molecule has 0 bridgehead atoms. The van der Waals surface area contributed by atoms with Gasteiger partial charge in [-0.1, -0.05) is 42.5 Å². The van der Waals surface area contributed by atoms with Crippen molar-refractivity contribution in [2.45, 2.75) is 31.4 Å². The fraction of sp³-hybridized carbons (Fsp3) is 0.263. The summed E-state index contributed by atoms with van der Waals surface area (Å²) in [6, 6.07) is 14.7. The molecule has 124 valence electrons. The molecule has 1 aliphatic rings. The number of halogens is 1. The predicted molar refractivity (Wildman–Crippen MR) is 86.5 cm³/mol. The zero-order valence-electron chi connectivity index (χ0n) is 13.1. The zero-order chi connectivity index (χ0) is 16.9. The Labute approximate surface area is 139 Å². The van der Waals surface area contributed by atoms with Crippen LogP contribution in [-0.2, 0) is 20.7 Å². The Kier molecular flexibility index (Phi) is 4.89. The molecular formula is C19H18FNO3. The molecule has 3 rings (SSSR count). The summed E-state index contributed by atoms with van der Waals surface area (Å²) >= 11 is 0. The molecule has 0 radical (unpaired) electrons. The molecule has 4 nitrogen and oxygen atoms in total. The van der Waals surface area contributed by atoms with Crippen LogP contribution in [0.5, 0.6) is 0 Å². The molecule has 0 unspecified atom stereocenters. The van der Waals surface area contributed by atoms with Gasteiger partial charge in [-0.3, -0.25) is 9.59 Å². The summed E-state index contributed by atoms with van der Waals surface area (Å²) < 4.78 is 18.3. The Morgan fingerprint density at radius 1 is 1.08 bits per heavy atom. The Morgan fingerprint density at radius 3 is 2.38 bits per heavy atom. The zero-order valence-corrected chi connectivity index (χ0v) is 13.1. The summed E-state index contributed by atoms with van der Waals surface area (Å²) in [7, 11) is 0. The van der Waals surface area contributed by atoms with E-state index >= 15 is 0 Å². The Hall–Kier alpha value is -2.69. The van der Waals surface area contributed by atoms with Crippen molar-refractivity contribution >= 4 is 11.9 Å². The smallest absolute Gasteiger partial charge is 0.311 e. The maximum absolute atomic E-state index is 12.9. The highest BCUT2D eigenvalue weighted by atomic mass is 19.1. The number of nitrogens with one attached hydrogen (secondary N) is 1. The van der Waals surface area contributed by atoms with Gasteiger partial charge in [-0.05, 0) is 30.5 Å². The largest absolute Gasteiger partial charge is 0.447 e. The van der Waals surface area contributed by atoms with E-state index in [-0.39, 0.29) is 24.2 Å². The number of esters is 1. The van der Waals surface area contributed by atoms with Gasteiger partial charge in [0.15, 0.2) is 0 Å². The Morgan fingerprint density at radius 2 is 1.75 bits per heavy atom. The monoisotopic (exact) mass is 327 g/mol. The lowest BCUT2D eigenvalue weighted by molar-refractivity contribution is -0.156. The summed E-state index contributed by atoms with van der Waals surface area (Å²) in [6.07, 6.45) is 0.924. The Balaban J connectivity index is 1.69. The molecule has 0 saturated heterocycles. The predicted octanol–water partition coefficient (Wildman–Crippen LogP) is 2.93. The van der Waals surface area contributed by atoms with Crippen LogP contribution in [-0.4, -0.2) is 17.9 Å². The number of carbonyl (C=O) groups is 2. The summed E-state index contributed by atoms with van der Waals surface area (Å²) in [4.78, 5) is 24.6. The van der Waals surface area contributed by atoms with E-state index in [1.807, 2.05) is 6.07 Å². The summed E-state index contributed by atoms with van der Waals surface area (Å²) in [5.41, 5.74) is 1.26. The second-order valence-corrected chi connectivity index (χ2v) is 5.87. The highest BCUT2D eigenvalue weighted by Crippen LogP contribution is 2.23. The first-order valence-corrected chi connectivity index (χ1v) is 7.91. The average molecular weight is 327 g/mol. The van der Waals surface area contributed by atoms with Crippen LogP contribution in [0.3, 0.4) is 0 Å². The van der Waals surface area contributed by atoms with Gasteiger partial charge in [0.1, 0.15) is 5.82 Å². The lowest BCUT2D eigenvalue weighted by Gasteiger charge is -2.18. The molecule has 0 aliphatic heterocycles. The van der Waals surface area contributed by atoms with Crippen LogP contribution in [0.2, 0.25) is 0 Å². The normalized spacial score (nSPS) is 14.7. The third kappa shape index (κ3) is 4.41. The number of amides is 1. The van der Waals surface area contributed by atoms with Crippen molar-refractivity contribution in [3.05, 3.63) is 71.5 Å². The molecule has 0 spiro atoms. The van der Waals surface area contributed by atoms with E-state index in [0.29, 0.717) is 11.1 Å². The van der Waals surface area contributed by atoms with Crippen molar-refractivity contribution in [1.82, 2.24) is 5.32 Å². The van der Waals surface area contributed by atoms with Gasteiger partial charge in [0.05, 0.1) is 6.42 Å². The van der Waals surface area contributed by atoms with E-state index < -0.39 is 12.1 Å². The van der Waals surface area contributed by atoms with Crippen LogP contribution in [0.15, 0.2) is 54.6 Å². The number of hydrogen-bond acceptors (Lipinski definition) is 3. The van der Waals surface area contributed by atoms with E-state index in [2.05, 4.69) is 5.32 Å². The summed E-state index contributed by atoms with van der Waals surface area (Å²) in [6.45, 7) is 0. The molecule has 24 heavy (non-hydrogen) atoms. The minimum absolute atomic E-state index is 0.0136. The third-order valence-corrected chi connectivity index (χ3v) is 3.78. The van der Waals surface area contributed by atoms with Gasteiger partial charge in [0, 0.05) is 11.6 Å². The molecule has 1 saturated carbocycles. The van der Waals surface area contributed by atoms with Crippen LogP contribution < -0.4 is 5.32 Å². The Bertz CT molecular complexity index is 711. The maximum Gasteiger partial charge on any atom is 0.311 e. The van der Waals surface area contributed by atoms with E-state index in [9.17, 15) is 14.0 Å². The lowest BCUT2D eigenvalue weighted by atomic mass is 10.1. The summed E-state index contributed by atoms with van der Waals surface area (Å²) in [5, 5.41) is 2.86. The first kappa shape index (κ1) is 16.2. The highest BCUT2D eigenvalue weighted by molar-refractivity contribution is 5.85. The molecule has 1 atom stereocenters. The quantitative estimate of drug-likeness (QED) is 0.830. The van der Waals surface area contributed by atoms with E-state index in [4.69, 9.17) is 4.74 Å². The SMILES string of the molecule is O=C(Cc1ccc(F)cc1)O[C@@H](C(=O)NC1CC1)c1ccccc1. The van der Waals surface area contributed by atoms with Crippen LogP contribution in [0.1, 0.15) is 30.1 Å². The maximum atomic E-state index is 12.9. The van der Waals surface area contributed by atoms with Crippen LogP contribution >= 0.6 is 0 Å². The van der Waals surface area contributed by atoms with Gasteiger partial charge in [0.25, 0.3) is 5.91 Å². The first-order chi connectivity index (χ1) is 11.6. The number of rotatable bonds is 6. The molecule has 2 aromatic rings. The fourth-order valence-electron chi connectivity index (χ4n) is 2.35. The van der Waals surface area contributed by atoms with Gasteiger partial charge in [-0.15, -0.1) is 0 Å². The standard InChI is InChI=1S/C19H18FNO3/c20-15-8-6-13(7-9-15)12-17(22)24-18(14-4-2-1-3-5-14)19(23)21-16-10-11-16/h1-9,16,18H,10-12H2,(H,21,23)/t18-/m1/s1. The molecule has 2 aromatic carbocycles. The minimum atomic E-state index is -0.972. The molecule has 1 N–H and O–H groups in total. The van der Waals surface area contributed by atoms with E-state index in [1.165, 1.54) is 24.3 Å². The van der Waals surface area contributed by atoms with Crippen molar-refractivity contribution in [3.8, 4) is 0 Å². The topological polar surface area (TPSA) is 55.4 Å². The lowest BCUT2D eigenvalue weighted by Crippen LogP contribution is -2.33. The molecule has 1 fully saturated rings. The second-order valence-electron chi connectivity index (χ2n) is 5.87. The van der Waals surface area contributed by atoms with Crippen molar-refractivity contribution in [2.24, 2.45) is 0 Å². The average Bonchev–Trinajstić information content (AvgIpc) is 3.39. The first-order valence-electron chi connectivity index (χ1n) is 7.91. The molecule has 0 aromatic heterocycles. The van der Waals surface area contributed by atoms with Gasteiger partial charge in [-0.25, -0.2) is 4.39 Å². The van der Waals surface area contributed by atoms with E-state index in [0.717, 1.165) is 12.8 Å². The van der Waals surface area contributed by atoms with Crippen LogP contribution in [0.4, 0.5) is 4.39 Å².